The molecule has 0 bridgehead atoms. The molecule has 0 saturated carbocycles. The zero-order chi connectivity index (χ0) is 15.5. The highest BCUT2D eigenvalue weighted by Crippen LogP contribution is 2.34. The van der Waals surface area contributed by atoms with Gasteiger partial charge in [-0.15, -0.1) is 0 Å². The van der Waals surface area contributed by atoms with Gasteiger partial charge in [-0.05, 0) is 56.2 Å². The molecule has 0 amide bonds. The summed E-state index contributed by atoms with van der Waals surface area (Å²) in [4.78, 5) is 2.44. The van der Waals surface area contributed by atoms with Gasteiger partial charge in [-0.1, -0.05) is 50.6 Å². The first-order valence-corrected chi connectivity index (χ1v) is 8.33. The molecule has 2 heteroatoms. The topological polar surface area (TPSA) is 23.5 Å². The molecule has 1 aromatic carbocycles. The van der Waals surface area contributed by atoms with Crippen molar-refractivity contribution in [3.63, 3.8) is 0 Å². The first-order valence-electron chi connectivity index (χ1n) is 8.33. The van der Waals surface area contributed by atoms with Gasteiger partial charge in [0.25, 0.3) is 0 Å². The van der Waals surface area contributed by atoms with Crippen LogP contribution in [0, 0.1) is 18.3 Å². The van der Waals surface area contributed by atoms with E-state index in [-0.39, 0.29) is 6.10 Å². The molecule has 2 rings (SSSR count). The number of likely N-dealkylation sites (tertiary alicyclic amines) is 1. The van der Waals surface area contributed by atoms with Crippen molar-refractivity contribution >= 4 is 0 Å². The Morgan fingerprint density at radius 1 is 1.14 bits per heavy atom. The molecular formula is C19H31NO. The van der Waals surface area contributed by atoms with Gasteiger partial charge >= 0.3 is 0 Å². The molecule has 1 heterocycles. The monoisotopic (exact) mass is 289 g/mol. The molecule has 2 nitrogen and oxygen atoms in total. The number of aryl methyl sites for hydroxylation is 1. The smallest absolute Gasteiger partial charge is 0.0916 e. The van der Waals surface area contributed by atoms with Crippen molar-refractivity contribution in [3.8, 4) is 0 Å². The highest BCUT2D eigenvalue weighted by atomic mass is 16.3. The van der Waals surface area contributed by atoms with Gasteiger partial charge in [-0.25, -0.2) is 0 Å². The Bertz CT molecular complexity index is 432. The third kappa shape index (κ3) is 4.82. The lowest BCUT2D eigenvalue weighted by Gasteiger charge is -2.30. The lowest BCUT2D eigenvalue weighted by atomic mass is 9.77. The van der Waals surface area contributed by atoms with Crippen LogP contribution in [0.25, 0.3) is 0 Å². The summed E-state index contributed by atoms with van der Waals surface area (Å²) in [6, 6.07) is 8.26. The van der Waals surface area contributed by atoms with Crippen LogP contribution in [-0.2, 0) is 0 Å². The van der Waals surface area contributed by atoms with E-state index in [4.69, 9.17) is 0 Å². The molecule has 0 aromatic heterocycles. The molecule has 0 aliphatic carbocycles. The molecule has 2 unspecified atom stereocenters. The fraction of sp³-hybridized carbons (Fsp3) is 0.684. The van der Waals surface area contributed by atoms with E-state index in [9.17, 15) is 5.11 Å². The van der Waals surface area contributed by atoms with E-state index >= 15 is 0 Å². The molecular weight excluding hydrogens is 258 g/mol. The van der Waals surface area contributed by atoms with Crippen molar-refractivity contribution in [2.75, 3.05) is 19.6 Å². The fourth-order valence-electron chi connectivity index (χ4n) is 3.34. The summed E-state index contributed by atoms with van der Waals surface area (Å²) in [6.07, 6.45) is 3.46. The molecule has 0 spiro atoms. The minimum Gasteiger partial charge on any atom is -0.387 e. The predicted octanol–water partition coefficient (Wildman–Crippen LogP) is 4.18. The van der Waals surface area contributed by atoms with E-state index in [2.05, 4.69) is 56.9 Å². The Morgan fingerprint density at radius 2 is 1.81 bits per heavy atom. The van der Waals surface area contributed by atoms with Gasteiger partial charge in [0.15, 0.2) is 0 Å². The number of hydrogen-bond acceptors (Lipinski definition) is 2. The standard InChI is InChI=1S/C19H31NO/c1-15-7-9-16(10-8-15)18(21)14-20-12-5-6-17(11-13-20)19(2,3)4/h7-10,17-18,21H,5-6,11-14H2,1-4H3. The average molecular weight is 289 g/mol. The van der Waals surface area contributed by atoms with Crippen LogP contribution in [0.15, 0.2) is 24.3 Å². The minimum absolute atomic E-state index is 0.364. The van der Waals surface area contributed by atoms with Crippen LogP contribution in [0.4, 0.5) is 0 Å². The molecule has 1 N–H and O–H groups in total. The second-order valence-electron chi connectivity index (χ2n) is 7.72. The molecule has 1 saturated heterocycles. The normalized spacial score (nSPS) is 22.8. The molecule has 1 fully saturated rings. The van der Waals surface area contributed by atoms with Gasteiger partial charge in [0, 0.05) is 6.54 Å². The molecule has 2 atom stereocenters. The van der Waals surface area contributed by atoms with E-state index in [1.807, 2.05) is 0 Å². The van der Waals surface area contributed by atoms with Crippen molar-refractivity contribution < 1.29 is 5.11 Å². The lowest BCUT2D eigenvalue weighted by Crippen LogP contribution is -2.30. The summed E-state index contributed by atoms with van der Waals surface area (Å²) >= 11 is 0. The lowest BCUT2D eigenvalue weighted by molar-refractivity contribution is 0.112. The van der Waals surface area contributed by atoms with E-state index < -0.39 is 0 Å². The predicted molar refractivity (Wildman–Crippen MR) is 89.4 cm³/mol. The summed E-state index contributed by atoms with van der Waals surface area (Å²) in [7, 11) is 0. The molecule has 21 heavy (non-hydrogen) atoms. The molecule has 1 aromatic rings. The Labute approximate surface area is 130 Å². The molecule has 1 aliphatic rings. The Morgan fingerprint density at radius 3 is 2.43 bits per heavy atom. The maximum atomic E-state index is 10.4. The van der Waals surface area contributed by atoms with Crippen LogP contribution in [0.2, 0.25) is 0 Å². The number of aliphatic hydroxyl groups excluding tert-OH is 1. The SMILES string of the molecule is Cc1ccc(C(O)CN2CCCC(C(C)(C)C)CC2)cc1. The van der Waals surface area contributed by atoms with Crippen LogP contribution in [0.3, 0.4) is 0 Å². The maximum Gasteiger partial charge on any atom is 0.0916 e. The number of benzene rings is 1. The van der Waals surface area contributed by atoms with E-state index in [1.165, 1.54) is 24.8 Å². The first kappa shape index (κ1) is 16.5. The summed E-state index contributed by atoms with van der Waals surface area (Å²) < 4.78 is 0. The third-order valence-corrected chi connectivity index (χ3v) is 4.94. The van der Waals surface area contributed by atoms with Crippen molar-refractivity contribution in [3.05, 3.63) is 35.4 Å². The minimum atomic E-state index is -0.364. The fourth-order valence-corrected chi connectivity index (χ4v) is 3.34. The number of β-amino-alcohol motifs (C(OH)–C–C–N with tert-alkyl or cyclic N) is 1. The van der Waals surface area contributed by atoms with E-state index in [1.54, 1.807) is 0 Å². The van der Waals surface area contributed by atoms with Gasteiger partial charge < -0.3 is 10.0 Å². The Balaban J connectivity index is 1.90. The number of rotatable bonds is 3. The molecule has 118 valence electrons. The van der Waals surface area contributed by atoms with Crippen LogP contribution >= 0.6 is 0 Å². The summed E-state index contributed by atoms with van der Waals surface area (Å²) in [5.74, 6) is 0.805. The largest absolute Gasteiger partial charge is 0.387 e. The zero-order valence-corrected chi connectivity index (χ0v) is 14.1. The van der Waals surface area contributed by atoms with Gasteiger partial charge in [-0.2, -0.15) is 0 Å². The first-order chi connectivity index (χ1) is 9.86. The summed E-state index contributed by atoms with van der Waals surface area (Å²) in [5.41, 5.74) is 2.69. The van der Waals surface area contributed by atoms with Gasteiger partial charge in [0.2, 0.25) is 0 Å². The van der Waals surface area contributed by atoms with Crippen molar-refractivity contribution in [2.24, 2.45) is 11.3 Å². The van der Waals surface area contributed by atoms with E-state index in [0.717, 1.165) is 31.1 Å². The van der Waals surface area contributed by atoms with Gasteiger partial charge in [0.1, 0.15) is 0 Å². The van der Waals surface area contributed by atoms with Crippen LogP contribution in [0.5, 0.6) is 0 Å². The molecule has 1 aliphatic heterocycles. The average Bonchev–Trinajstić information content (AvgIpc) is 2.64. The van der Waals surface area contributed by atoms with Crippen LogP contribution in [0.1, 0.15) is 57.3 Å². The number of hydrogen-bond donors (Lipinski definition) is 1. The Hall–Kier alpha value is -0.860. The third-order valence-electron chi connectivity index (χ3n) is 4.94. The van der Waals surface area contributed by atoms with Crippen molar-refractivity contribution in [1.29, 1.82) is 0 Å². The maximum absolute atomic E-state index is 10.4. The van der Waals surface area contributed by atoms with E-state index in [0.29, 0.717) is 5.41 Å². The van der Waals surface area contributed by atoms with Crippen molar-refractivity contribution in [1.82, 2.24) is 4.90 Å². The summed E-state index contributed by atoms with van der Waals surface area (Å²) in [5, 5.41) is 10.4. The Kier molecular flexibility index (Phi) is 5.45. The second kappa shape index (κ2) is 6.93. The van der Waals surface area contributed by atoms with Crippen molar-refractivity contribution in [2.45, 2.75) is 53.1 Å². The summed E-state index contributed by atoms with van der Waals surface area (Å²) in [6.45, 7) is 12.1. The quantitative estimate of drug-likeness (QED) is 0.902. The highest BCUT2D eigenvalue weighted by Gasteiger charge is 2.27. The van der Waals surface area contributed by atoms with Crippen LogP contribution in [-0.4, -0.2) is 29.6 Å². The number of nitrogens with zero attached hydrogens (tertiary/aromatic N) is 1. The number of aliphatic hydroxyl groups is 1. The van der Waals surface area contributed by atoms with Gasteiger partial charge in [0.05, 0.1) is 6.10 Å². The van der Waals surface area contributed by atoms with Crippen LogP contribution < -0.4 is 0 Å². The highest BCUT2D eigenvalue weighted by molar-refractivity contribution is 5.23. The van der Waals surface area contributed by atoms with Gasteiger partial charge in [-0.3, -0.25) is 0 Å². The molecule has 0 radical (unpaired) electrons. The zero-order valence-electron chi connectivity index (χ0n) is 14.1. The second-order valence-corrected chi connectivity index (χ2v) is 7.72.